The highest BCUT2D eigenvalue weighted by molar-refractivity contribution is 5.98. The Morgan fingerprint density at radius 2 is 2.33 bits per heavy atom. The SMILES string of the molecule is O=C(Nc1cc2n(n1)CCCC2)Nc1ccnn1CC1CCOC1. The highest BCUT2D eigenvalue weighted by Crippen LogP contribution is 2.19. The molecular weight excluding hydrogens is 308 g/mol. The lowest BCUT2D eigenvalue weighted by molar-refractivity contribution is 0.181. The van der Waals surface area contributed by atoms with Gasteiger partial charge in [-0.1, -0.05) is 0 Å². The molecule has 0 saturated carbocycles. The Morgan fingerprint density at radius 1 is 1.38 bits per heavy atom. The van der Waals surface area contributed by atoms with Crippen molar-refractivity contribution in [1.82, 2.24) is 19.6 Å². The van der Waals surface area contributed by atoms with Gasteiger partial charge in [0.05, 0.1) is 12.8 Å². The van der Waals surface area contributed by atoms with E-state index in [1.54, 1.807) is 12.3 Å². The van der Waals surface area contributed by atoms with Crippen molar-refractivity contribution in [1.29, 1.82) is 0 Å². The second-order valence-corrected chi connectivity index (χ2v) is 6.41. The average molecular weight is 330 g/mol. The van der Waals surface area contributed by atoms with Gasteiger partial charge in [0.15, 0.2) is 5.82 Å². The van der Waals surface area contributed by atoms with Crippen LogP contribution in [0.15, 0.2) is 18.3 Å². The monoisotopic (exact) mass is 330 g/mol. The molecule has 2 aromatic rings. The zero-order valence-corrected chi connectivity index (χ0v) is 13.6. The summed E-state index contributed by atoms with van der Waals surface area (Å²) in [6, 6.07) is 3.45. The lowest BCUT2D eigenvalue weighted by atomic mass is 10.1. The summed E-state index contributed by atoms with van der Waals surface area (Å²) in [5.74, 6) is 1.73. The summed E-state index contributed by atoms with van der Waals surface area (Å²) in [6.45, 7) is 3.24. The second-order valence-electron chi connectivity index (χ2n) is 6.41. The quantitative estimate of drug-likeness (QED) is 0.899. The van der Waals surface area contributed by atoms with Crippen LogP contribution in [0.5, 0.6) is 0 Å². The number of hydrogen-bond acceptors (Lipinski definition) is 4. The van der Waals surface area contributed by atoms with Crippen molar-refractivity contribution in [3.05, 3.63) is 24.0 Å². The molecular formula is C16H22N6O2. The van der Waals surface area contributed by atoms with Crippen LogP contribution in [-0.4, -0.2) is 38.8 Å². The van der Waals surface area contributed by atoms with Crippen LogP contribution in [0.1, 0.15) is 25.0 Å². The lowest BCUT2D eigenvalue weighted by Crippen LogP contribution is -2.23. The number of urea groups is 1. The Hall–Kier alpha value is -2.35. The molecule has 1 atom stereocenters. The largest absolute Gasteiger partial charge is 0.381 e. The molecule has 8 nitrogen and oxygen atoms in total. The normalized spacial score (nSPS) is 19.9. The van der Waals surface area contributed by atoms with Crippen molar-refractivity contribution >= 4 is 17.7 Å². The molecule has 2 aromatic heterocycles. The van der Waals surface area contributed by atoms with Crippen LogP contribution >= 0.6 is 0 Å². The van der Waals surface area contributed by atoms with E-state index in [-0.39, 0.29) is 6.03 Å². The van der Waals surface area contributed by atoms with Crippen LogP contribution in [0, 0.1) is 5.92 Å². The first-order chi connectivity index (χ1) is 11.8. The zero-order valence-electron chi connectivity index (χ0n) is 13.6. The number of aryl methyl sites for hydroxylation is 2. The number of hydrogen-bond donors (Lipinski definition) is 2. The number of anilines is 2. The molecule has 1 fully saturated rings. The van der Waals surface area contributed by atoms with Crippen LogP contribution in [0.3, 0.4) is 0 Å². The van der Waals surface area contributed by atoms with Crippen molar-refractivity contribution in [2.24, 2.45) is 5.92 Å². The van der Waals surface area contributed by atoms with Gasteiger partial charge in [0.25, 0.3) is 0 Å². The molecule has 0 spiro atoms. The number of amides is 2. The minimum atomic E-state index is -0.296. The third kappa shape index (κ3) is 3.28. The number of nitrogens with one attached hydrogen (secondary N) is 2. The molecule has 2 amide bonds. The van der Waals surface area contributed by atoms with Crippen molar-refractivity contribution < 1.29 is 9.53 Å². The van der Waals surface area contributed by atoms with E-state index < -0.39 is 0 Å². The van der Waals surface area contributed by atoms with Gasteiger partial charge in [-0.05, 0) is 25.7 Å². The van der Waals surface area contributed by atoms with Gasteiger partial charge in [0.1, 0.15) is 5.82 Å². The molecule has 0 aliphatic carbocycles. The van der Waals surface area contributed by atoms with Crippen molar-refractivity contribution in [2.75, 3.05) is 23.8 Å². The minimum absolute atomic E-state index is 0.296. The predicted molar refractivity (Wildman–Crippen MR) is 89.0 cm³/mol. The van der Waals surface area contributed by atoms with Gasteiger partial charge in [-0.2, -0.15) is 10.2 Å². The fourth-order valence-corrected chi connectivity index (χ4v) is 3.30. The van der Waals surface area contributed by atoms with E-state index in [0.717, 1.165) is 45.6 Å². The summed E-state index contributed by atoms with van der Waals surface area (Å²) < 4.78 is 9.19. The smallest absolute Gasteiger partial charge is 0.326 e. The Labute approximate surface area is 140 Å². The zero-order chi connectivity index (χ0) is 16.4. The lowest BCUT2D eigenvalue weighted by Gasteiger charge is -2.12. The van der Waals surface area contributed by atoms with Crippen LogP contribution in [0.4, 0.5) is 16.4 Å². The fraction of sp³-hybridized carbons (Fsp3) is 0.562. The third-order valence-corrected chi connectivity index (χ3v) is 4.57. The second kappa shape index (κ2) is 6.64. The number of carbonyl (C=O) groups is 1. The Balaban J connectivity index is 1.37. The molecule has 0 radical (unpaired) electrons. The maximum Gasteiger partial charge on any atom is 0.326 e. The number of rotatable bonds is 4. The summed E-state index contributed by atoms with van der Waals surface area (Å²) >= 11 is 0. The fourth-order valence-electron chi connectivity index (χ4n) is 3.30. The summed E-state index contributed by atoms with van der Waals surface area (Å²) in [5, 5.41) is 14.4. The van der Waals surface area contributed by atoms with E-state index in [2.05, 4.69) is 20.8 Å². The Bertz CT molecular complexity index is 692. The summed E-state index contributed by atoms with van der Waals surface area (Å²) in [5.41, 5.74) is 1.18. The summed E-state index contributed by atoms with van der Waals surface area (Å²) in [4.78, 5) is 12.2. The predicted octanol–water partition coefficient (Wildman–Crippen LogP) is 2.10. The number of nitrogens with zero attached hydrogens (tertiary/aromatic N) is 4. The number of fused-ring (bicyclic) bond motifs is 1. The minimum Gasteiger partial charge on any atom is -0.381 e. The van der Waals surface area contributed by atoms with Gasteiger partial charge < -0.3 is 4.74 Å². The van der Waals surface area contributed by atoms with Crippen LogP contribution in [0.25, 0.3) is 0 Å². The summed E-state index contributed by atoms with van der Waals surface area (Å²) in [6.07, 6.45) is 6.07. The maximum atomic E-state index is 12.2. The van der Waals surface area contributed by atoms with E-state index in [4.69, 9.17) is 4.74 Å². The molecule has 4 rings (SSSR count). The molecule has 2 aliphatic heterocycles. The van der Waals surface area contributed by atoms with E-state index in [9.17, 15) is 4.79 Å². The molecule has 1 unspecified atom stereocenters. The molecule has 128 valence electrons. The van der Waals surface area contributed by atoms with Gasteiger partial charge in [-0.3, -0.25) is 15.3 Å². The molecule has 2 aliphatic rings. The van der Waals surface area contributed by atoms with Crippen LogP contribution in [-0.2, 0) is 24.2 Å². The Morgan fingerprint density at radius 3 is 3.17 bits per heavy atom. The Kier molecular flexibility index (Phi) is 4.20. The third-order valence-electron chi connectivity index (χ3n) is 4.57. The standard InChI is InChI=1S/C16H22N6O2/c23-16(18-14-9-13-3-1-2-7-21(13)20-14)19-15-4-6-17-22(15)10-12-5-8-24-11-12/h4,6,9,12H,1-3,5,7-8,10-11H2,(H2,18,19,20,23). The van der Waals surface area contributed by atoms with Crippen molar-refractivity contribution in [2.45, 2.75) is 38.8 Å². The van der Waals surface area contributed by atoms with Crippen LogP contribution in [0.2, 0.25) is 0 Å². The number of aromatic nitrogens is 4. The maximum absolute atomic E-state index is 12.2. The van der Waals surface area contributed by atoms with E-state index in [1.807, 2.05) is 15.4 Å². The molecule has 2 N–H and O–H groups in total. The van der Waals surface area contributed by atoms with E-state index in [1.165, 1.54) is 12.1 Å². The molecule has 4 heterocycles. The van der Waals surface area contributed by atoms with Gasteiger partial charge in [-0.25, -0.2) is 9.48 Å². The molecule has 0 bridgehead atoms. The molecule has 0 aromatic carbocycles. The number of carbonyl (C=O) groups excluding carboxylic acids is 1. The van der Waals surface area contributed by atoms with Crippen LogP contribution < -0.4 is 10.6 Å². The van der Waals surface area contributed by atoms with E-state index in [0.29, 0.717) is 17.6 Å². The summed E-state index contributed by atoms with van der Waals surface area (Å²) in [7, 11) is 0. The van der Waals surface area contributed by atoms with Gasteiger partial charge >= 0.3 is 6.03 Å². The van der Waals surface area contributed by atoms with Crippen molar-refractivity contribution in [3.8, 4) is 0 Å². The highest BCUT2D eigenvalue weighted by atomic mass is 16.5. The first kappa shape index (κ1) is 15.2. The molecule has 24 heavy (non-hydrogen) atoms. The molecule has 1 saturated heterocycles. The number of ether oxygens (including phenoxy) is 1. The van der Waals surface area contributed by atoms with E-state index >= 15 is 0 Å². The molecule has 8 heteroatoms. The van der Waals surface area contributed by atoms with Gasteiger partial charge in [-0.15, -0.1) is 0 Å². The first-order valence-electron chi connectivity index (χ1n) is 8.52. The topological polar surface area (TPSA) is 86.0 Å². The van der Waals surface area contributed by atoms with Gasteiger partial charge in [0, 0.05) is 43.4 Å². The average Bonchev–Trinajstić information content (AvgIpc) is 3.29. The highest BCUT2D eigenvalue weighted by Gasteiger charge is 2.19. The first-order valence-corrected chi connectivity index (χ1v) is 8.52. The van der Waals surface area contributed by atoms with Gasteiger partial charge in [0.2, 0.25) is 0 Å². The van der Waals surface area contributed by atoms with Crippen molar-refractivity contribution in [3.63, 3.8) is 0 Å².